The van der Waals surface area contributed by atoms with Crippen LogP contribution in [0.3, 0.4) is 0 Å². The first-order valence-corrected chi connectivity index (χ1v) is 5.17. The lowest BCUT2D eigenvalue weighted by Gasteiger charge is -2.27. The maximum absolute atomic E-state index is 11.6. The summed E-state index contributed by atoms with van der Waals surface area (Å²) in [5, 5.41) is 0.847. The van der Waals surface area contributed by atoms with Crippen molar-refractivity contribution in [2.45, 2.75) is 18.8 Å². The minimum absolute atomic E-state index is 0.0207. The third-order valence-electron chi connectivity index (χ3n) is 2.75. The van der Waals surface area contributed by atoms with E-state index >= 15 is 0 Å². The Morgan fingerprint density at radius 3 is 2.19 bits per heavy atom. The molecule has 4 heteroatoms. The summed E-state index contributed by atoms with van der Waals surface area (Å²) in [5.74, 6) is -0.562. The number of amides is 2. The van der Waals surface area contributed by atoms with Crippen LogP contribution in [0.15, 0.2) is 30.3 Å². The van der Waals surface area contributed by atoms with Crippen molar-refractivity contribution in [2.75, 3.05) is 7.11 Å². The number of imide groups is 1. The summed E-state index contributed by atoms with van der Waals surface area (Å²) < 4.78 is 0. The normalized spacial score (nSPS) is 17.9. The Kier molecular flexibility index (Phi) is 3.01. The first-order valence-electron chi connectivity index (χ1n) is 5.17. The summed E-state index contributed by atoms with van der Waals surface area (Å²) >= 11 is 0. The molecule has 4 nitrogen and oxygen atoms in total. The Hall–Kier alpha value is -1.68. The Labute approximate surface area is 93.8 Å². The molecular weight excluding hydrogens is 206 g/mol. The highest BCUT2D eigenvalue weighted by molar-refractivity contribution is 5.97. The molecule has 0 bridgehead atoms. The fourth-order valence-electron chi connectivity index (χ4n) is 1.96. The average molecular weight is 219 g/mol. The molecule has 0 aromatic heterocycles. The zero-order valence-corrected chi connectivity index (χ0v) is 9.05. The molecule has 0 unspecified atom stereocenters. The van der Waals surface area contributed by atoms with E-state index in [2.05, 4.69) is 0 Å². The van der Waals surface area contributed by atoms with Gasteiger partial charge in [-0.15, -0.1) is 0 Å². The molecule has 2 rings (SSSR count). The zero-order valence-electron chi connectivity index (χ0n) is 9.05. The van der Waals surface area contributed by atoms with Gasteiger partial charge in [0.1, 0.15) is 0 Å². The lowest BCUT2D eigenvalue weighted by molar-refractivity contribution is -0.191. The van der Waals surface area contributed by atoms with Gasteiger partial charge in [0.15, 0.2) is 0 Å². The largest absolute Gasteiger partial charge is 0.272 e. The molecule has 1 aliphatic rings. The van der Waals surface area contributed by atoms with Crippen LogP contribution in [0.5, 0.6) is 0 Å². The topological polar surface area (TPSA) is 46.6 Å². The smallest absolute Gasteiger partial charge is 0.254 e. The van der Waals surface area contributed by atoms with E-state index < -0.39 is 0 Å². The van der Waals surface area contributed by atoms with Crippen molar-refractivity contribution in [3.8, 4) is 0 Å². The van der Waals surface area contributed by atoms with Gasteiger partial charge in [-0.2, -0.15) is 5.06 Å². The number of rotatable bonds is 2. The van der Waals surface area contributed by atoms with Crippen LogP contribution in [-0.2, 0) is 14.4 Å². The van der Waals surface area contributed by atoms with Crippen molar-refractivity contribution < 1.29 is 14.4 Å². The van der Waals surface area contributed by atoms with E-state index in [1.807, 2.05) is 30.3 Å². The van der Waals surface area contributed by atoms with Gasteiger partial charge < -0.3 is 0 Å². The van der Waals surface area contributed by atoms with Crippen LogP contribution in [0.1, 0.15) is 24.3 Å². The van der Waals surface area contributed by atoms with Gasteiger partial charge in [-0.1, -0.05) is 30.3 Å². The van der Waals surface area contributed by atoms with E-state index in [-0.39, 0.29) is 17.7 Å². The minimum Gasteiger partial charge on any atom is -0.272 e. The van der Waals surface area contributed by atoms with Crippen LogP contribution in [0.25, 0.3) is 0 Å². The van der Waals surface area contributed by atoms with E-state index in [0.717, 1.165) is 10.6 Å². The summed E-state index contributed by atoms with van der Waals surface area (Å²) in [7, 11) is 1.33. The molecule has 1 aliphatic heterocycles. The van der Waals surface area contributed by atoms with Crippen molar-refractivity contribution in [1.82, 2.24) is 5.06 Å². The van der Waals surface area contributed by atoms with Gasteiger partial charge in [0.25, 0.3) is 11.8 Å². The molecule has 0 saturated carbocycles. The van der Waals surface area contributed by atoms with Crippen LogP contribution in [0, 0.1) is 0 Å². The highest BCUT2D eigenvalue weighted by atomic mass is 16.7. The molecule has 0 aliphatic carbocycles. The molecule has 0 radical (unpaired) electrons. The maximum atomic E-state index is 11.6. The van der Waals surface area contributed by atoms with Gasteiger partial charge in [-0.3, -0.25) is 14.4 Å². The molecule has 0 N–H and O–H groups in total. The Balaban J connectivity index is 2.17. The van der Waals surface area contributed by atoms with E-state index in [1.54, 1.807) is 0 Å². The quantitative estimate of drug-likeness (QED) is 0.708. The van der Waals surface area contributed by atoms with Gasteiger partial charge in [-0.05, 0) is 5.56 Å². The van der Waals surface area contributed by atoms with E-state index in [9.17, 15) is 9.59 Å². The SMILES string of the molecule is CON1C(=O)CC(c2ccccc2)CC1=O. The molecule has 84 valence electrons. The molecule has 1 heterocycles. The van der Waals surface area contributed by atoms with E-state index in [4.69, 9.17) is 4.84 Å². The fourth-order valence-corrected chi connectivity index (χ4v) is 1.96. The Bertz CT molecular complexity index is 384. The first kappa shape index (κ1) is 10.8. The first-order chi connectivity index (χ1) is 7.72. The second-order valence-corrected chi connectivity index (χ2v) is 3.78. The molecule has 1 aromatic rings. The molecular formula is C12H13NO3. The van der Waals surface area contributed by atoms with Gasteiger partial charge in [-0.25, -0.2) is 0 Å². The molecule has 1 saturated heterocycles. The predicted octanol–water partition coefficient (Wildman–Crippen LogP) is 1.48. The van der Waals surface area contributed by atoms with Crippen molar-refractivity contribution in [3.05, 3.63) is 35.9 Å². The zero-order chi connectivity index (χ0) is 11.5. The van der Waals surface area contributed by atoms with Gasteiger partial charge in [0.05, 0.1) is 7.11 Å². The van der Waals surface area contributed by atoms with Crippen molar-refractivity contribution in [3.63, 3.8) is 0 Å². The highest BCUT2D eigenvalue weighted by Gasteiger charge is 2.33. The predicted molar refractivity (Wildman–Crippen MR) is 57.3 cm³/mol. The minimum atomic E-state index is -0.271. The Morgan fingerprint density at radius 1 is 1.12 bits per heavy atom. The maximum Gasteiger partial charge on any atom is 0.254 e. The van der Waals surface area contributed by atoms with Crippen LogP contribution >= 0.6 is 0 Å². The van der Waals surface area contributed by atoms with Crippen molar-refractivity contribution >= 4 is 11.8 Å². The molecule has 16 heavy (non-hydrogen) atoms. The van der Waals surface area contributed by atoms with Gasteiger partial charge >= 0.3 is 0 Å². The van der Waals surface area contributed by atoms with E-state index in [0.29, 0.717) is 12.8 Å². The molecule has 0 spiro atoms. The summed E-state index contributed by atoms with van der Waals surface area (Å²) in [6.45, 7) is 0. The van der Waals surface area contributed by atoms with Crippen LogP contribution in [0.4, 0.5) is 0 Å². The summed E-state index contributed by atoms with van der Waals surface area (Å²) in [5.41, 5.74) is 1.03. The van der Waals surface area contributed by atoms with Gasteiger partial charge in [0, 0.05) is 18.8 Å². The molecule has 0 atom stereocenters. The van der Waals surface area contributed by atoms with Crippen LogP contribution in [-0.4, -0.2) is 24.0 Å². The van der Waals surface area contributed by atoms with Crippen LogP contribution in [0.2, 0.25) is 0 Å². The fraction of sp³-hybridized carbons (Fsp3) is 0.333. The standard InChI is InChI=1S/C12H13NO3/c1-16-13-11(14)7-10(8-12(13)15)9-5-3-2-4-6-9/h2-6,10H,7-8H2,1H3. The monoisotopic (exact) mass is 219 g/mol. The number of hydrogen-bond donors (Lipinski definition) is 0. The number of hydroxylamine groups is 2. The van der Waals surface area contributed by atoms with E-state index in [1.165, 1.54) is 7.11 Å². The average Bonchev–Trinajstić information content (AvgIpc) is 2.30. The Morgan fingerprint density at radius 2 is 1.69 bits per heavy atom. The van der Waals surface area contributed by atoms with Crippen molar-refractivity contribution in [1.29, 1.82) is 0 Å². The van der Waals surface area contributed by atoms with Crippen LogP contribution < -0.4 is 0 Å². The lowest BCUT2D eigenvalue weighted by atomic mass is 9.89. The number of carbonyl (C=O) groups is 2. The summed E-state index contributed by atoms with van der Waals surface area (Å²) in [4.78, 5) is 27.9. The third-order valence-corrected chi connectivity index (χ3v) is 2.75. The third kappa shape index (κ3) is 1.97. The lowest BCUT2D eigenvalue weighted by Crippen LogP contribution is -2.41. The summed E-state index contributed by atoms with van der Waals surface area (Å²) in [6, 6.07) is 9.61. The number of nitrogens with zero attached hydrogens (tertiary/aromatic N) is 1. The number of hydrogen-bond acceptors (Lipinski definition) is 3. The number of piperidine rings is 1. The van der Waals surface area contributed by atoms with Crippen molar-refractivity contribution in [2.24, 2.45) is 0 Å². The second-order valence-electron chi connectivity index (χ2n) is 3.78. The highest BCUT2D eigenvalue weighted by Crippen LogP contribution is 2.29. The summed E-state index contributed by atoms with van der Waals surface area (Å²) in [6.07, 6.45) is 0.646. The molecule has 1 fully saturated rings. The molecule has 1 aromatic carbocycles. The second kappa shape index (κ2) is 4.45. The number of benzene rings is 1. The van der Waals surface area contributed by atoms with Gasteiger partial charge in [0.2, 0.25) is 0 Å². The number of carbonyl (C=O) groups excluding carboxylic acids is 2. The molecule has 2 amide bonds.